The largest absolute Gasteiger partial charge is 0.497 e. The number of ether oxygens (including phenoxy) is 1. The van der Waals surface area contributed by atoms with Crippen molar-refractivity contribution >= 4 is 27.9 Å². The fourth-order valence-corrected chi connectivity index (χ4v) is 5.14. The number of aryl methyl sites for hydroxylation is 2. The molecule has 5 rings (SSSR count). The van der Waals surface area contributed by atoms with Gasteiger partial charge in [0.25, 0.3) is 0 Å². The first-order valence-electron chi connectivity index (χ1n) is 11.2. The van der Waals surface area contributed by atoms with Crippen molar-refractivity contribution in [2.75, 3.05) is 38.2 Å². The van der Waals surface area contributed by atoms with Gasteiger partial charge in [0.15, 0.2) is 4.96 Å². The molecule has 0 radical (unpaired) electrons. The smallest absolute Gasteiger partial charge is 0.228 e. The van der Waals surface area contributed by atoms with Crippen LogP contribution in [-0.4, -0.2) is 53.5 Å². The van der Waals surface area contributed by atoms with E-state index in [-0.39, 0.29) is 5.91 Å². The van der Waals surface area contributed by atoms with Gasteiger partial charge < -0.3 is 14.5 Å². The number of anilines is 1. The van der Waals surface area contributed by atoms with Gasteiger partial charge in [0.1, 0.15) is 5.75 Å². The van der Waals surface area contributed by atoms with Crippen LogP contribution in [0.2, 0.25) is 0 Å². The Kier molecular flexibility index (Phi) is 5.81. The predicted molar refractivity (Wildman–Crippen MR) is 133 cm³/mol. The summed E-state index contributed by atoms with van der Waals surface area (Å²) in [6, 6.07) is 14.5. The Morgan fingerprint density at radius 3 is 2.48 bits per heavy atom. The topological polar surface area (TPSA) is 50.1 Å². The summed E-state index contributed by atoms with van der Waals surface area (Å²) in [7, 11) is 1.68. The monoisotopic (exact) mass is 460 g/mol. The van der Waals surface area contributed by atoms with Crippen LogP contribution in [0.25, 0.3) is 16.2 Å². The number of piperazine rings is 1. The molecule has 0 spiro atoms. The highest BCUT2D eigenvalue weighted by Crippen LogP contribution is 2.26. The van der Waals surface area contributed by atoms with Crippen LogP contribution in [0.3, 0.4) is 0 Å². The van der Waals surface area contributed by atoms with Gasteiger partial charge in [-0.3, -0.25) is 9.20 Å². The average molecular weight is 461 g/mol. The summed E-state index contributed by atoms with van der Waals surface area (Å²) in [5.41, 5.74) is 6.76. The first kappa shape index (κ1) is 21.5. The Balaban J connectivity index is 1.25. The van der Waals surface area contributed by atoms with Crippen molar-refractivity contribution in [1.82, 2.24) is 14.3 Å². The van der Waals surface area contributed by atoms with Crippen LogP contribution in [0.15, 0.2) is 54.0 Å². The maximum Gasteiger partial charge on any atom is 0.228 e. The second-order valence-corrected chi connectivity index (χ2v) is 9.38. The molecule has 0 atom stereocenters. The third-order valence-corrected chi connectivity index (χ3v) is 7.38. The predicted octanol–water partition coefficient (Wildman–Crippen LogP) is 4.58. The van der Waals surface area contributed by atoms with E-state index in [1.807, 2.05) is 17.0 Å². The minimum absolute atomic E-state index is 0.172. The van der Waals surface area contributed by atoms with Gasteiger partial charge in [-0.2, -0.15) is 0 Å². The zero-order valence-electron chi connectivity index (χ0n) is 19.2. The molecule has 2 aromatic carbocycles. The first-order valence-corrected chi connectivity index (χ1v) is 12.1. The van der Waals surface area contributed by atoms with Crippen molar-refractivity contribution in [3.05, 3.63) is 70.9 Å². The molecule has 4 aromatic rings. The maximum absolute atomic E-state index is 13.1. The molecule has 6 nitrogen and oxygen atoms in total. The number of imidazole rings is 1. The first-order chi connectivity index (χ1) is 16.0. The van der Waals surface area contributed by atoms with Crippen molar-refractivity contribution in [3.63, 3.8) is 0 Å². The van der Waals surface area contributed by atoms with Gasteiger partial charge >= 0.3 is 0 Å². The molecule has 1 fully saturated rings. The molecule has 7 heteroatoms. The van der Waals surface area contributed by atoms with Crippen LogP contribution in [0.1, 0.15) is 16.8 Å². The number of nitrogens with zero attached hydrogens (tertiary/aromatic N) is 4. The molecule has 0 unspecified atom stereocenters. The number of fused-ring (bicyclic) bond motifs is 1. The molecule has 1 amide bonds. The van der Waals surface area contributed by atoms with Gasteiger partial charge in [0, 0.05) is 54.7 Å². The summed E-state index contributed by atoms with van der Waals surface area (Å²) in [6.07, 6.45) is 2.45. The highest BCUT2D eigenvalue weighted by atomic mass is 32.1. The summed E-state index contributed by atoms with van der Waals surface area (Å²) < 4.78 is 7.32. The van der Waals surface area contributed by atoms with E-state index in [1.165, 1.54) is 16.8 Å². The van der Waals surface area contributed by atoms with Crippen LogP contribution in [0.4, 0.5) is 5.69 Å². The third-order valence-electron chi connectivity index (χ3n) is 6.49. The van der Waals surface area contributed by atoms with Gasteiger partial charge in [-0.05, 0) is 55.3 Å². The summed E-state index contributed by atoms with van der Waals surface area (Å²) in [6.45, 7) is 7.37. The third kappa shape index (κ3) is 4.33. The molecule has 0 saturated carbocycles. The number of rotatable bonds is 5. The van der Waals surface area contributed by atoms with E-state index >= 15 is 0 Å². The lowest BCUT2D eigenvalue weighted by molar-refractivity contribution is -0.130. The summed E-state index contributed by atoms with van der Waals surface area (Å²) >= 11 is 1.59. The van der Waals surface area contributed by atoms with Crippen LogP contribution in [-0.2, 0) is 11.2 Å². The number of hydrogen-bond donors (Lipinski definition) is 0. The minimum atomic E-state index is 0.172. The molecule has 0 N–H and O–H groups in total. The number of amides is 1. The van der Waals surface area contributed by atoms with Crippen molar-refractivity contribution < 1.29 is 9.53 Å². The van der Waals surface area contributed by atoms with E-state index in [9.17, 15) is 4.79 Å². The SMILES string of the molecule is COc1ccc(N2CCN(C(=O)Cc3csc4nc(-c5ccc(C)c(C)c5)cn34)CC2)cc1. The quantitative estimate of drug-likeness (QED) is 0.438. The van der Waals surface area contributed by atoms with E-state index in [0.717, 1.165) is 53.8 Å². The second-order valence-electron chi connectivity index (χ2n) is 8.55. The van der Waals surface area contributed by atoms with E-state index in [0.29, 0.717) is 6.42 Å². The molecule has 170 valence electrons. The molecular weight excluding hydrogens is 432 g/mol. The standard InChI is InChI=1S/C26H28N4O2S/c1-18-4-5-20(14-19(18)2)24-16-30-22(17-33-26(30)27-24)15-25(31)29-12-10-28(11-13-29)21-6-8-23(32-3)9-7-21/h4-9,14,16-17H,10-13,15H2,1-3H3. The van der Waals surface area contributed by atoms with E-state index in [1.54, 1.807) is 18.4 Å². The fourth-order valence-electron chi connectivity index (χ4n) is 4.27. The number of carbonyl (C=O) groups excluding carboxylic acids is 1. The lowest BCUT2D eigenvalue weighted by Gasteiger charge is -2.36. The van der Waals surface area contributed by atoms with Crippen LogP contribution < -0.4 is 9.64 Å². The number of methoxy groups -OCH3 is 1. The Labute approximate surface area is 198 Å². The molecule has 3 heterocycles. The zero-order chi connectivity index (χ0) is 22.9. The Bertz CT molecular complexity index is 1280. The second kappa shape index (κ2) is 8.90. The van der Waals surface area contributed by atoms with E-state index < -0.39 is 0 Å². The van der Waals surface area contributed by atoms with E-state index in [2.05, 4.69) is 65.1 Å². The minimum Gasteiger partial charge on any atom is -0.497 e. The zero-order valence-corrected chi connectivity index (χ0v) is 20.1. The number of hydrogen-bond acceptors (Lipinski definition) is 5. The van der Waals surface area contributed by atoms with Gasteiger partial charge in [-0.1, -0.05) is 12.1 Å². The molecular formula is C26H28N4O2S. The molecule has 2 aromatic heterocycles. The van der Waals surface area contributed by atoms with Crippen molar-refractivity contribution in [1.29, 1.82) is 0 Å². The van der Waals surface area contributed by atoms with E-state index in [4.69, 9.17) is 9.72 Å². The molecule has 0 aliphatic carbocycles. The highest BCUT2D eigenvalue weighted by Gasteiger charge is 2.23. The Morgan fingerprint density at radius 2 is 1.79 bits per heavy atom. The molecule has 1 saturated heterocycles. The fraction of sp³-hybridized carbons (Fsp3) is 0.308. The summed E-state index contributed by atoms with van der Waals surface area (Å²) in [5, 5.41) is 2.05. The Hall–Kier alpha value is -3.32. The van der Waals surface area contributed by atoms with Crippen LogP contribution in [0.5, 0.6) is 5.75 Å². The van der Waals surface area contributed by atoms with Crippen molar-refractivity contribution in [2.45, 2.75) is 20.3 Å². The molecule has 1 aliphatic rings. The van der Waals surface area contributed by atoms with Crippen LogP contribution in [0, 0.1) is 13.8 Å². The van der Waals surface area contributed by atoms with Crippen LogP contribution >= 0.6 is 11.3 Å². The number of thiazole rings is 1. The average Bonchev–Trinajstić information content (AvgIpc) is 3.43. The lowest BCUT2D eigenvalue weighted by Crippen LogP contribution is -2.49. The molecule has 33 heavy (non-hydrogen) atoms. The molecule has 0 bridgehead atoms. The van der Waals surface area contributed by atoms with Crippen molar-refractivity contribution in [2.24, 2.45) is 0 Å². The number of benzene rings is 2. The number of carbonyl (C=O) groups is 1. The Morgan fingerprint density at radius 1 is 1.03 bits per heavy atom. The summed E-state index contributed by atoms with van der Waals surface area (Å²) in [4.78, 5) is 23.1. The molecule has 1 aliphatic heterocycles. The lowest BCUT2D eigenvalue weighted by atomic mass is 10.0. The van der Waals surface area contributed by atoms with Gasteiger partial charge in [-0.15, -0.1) is 11.3 Å². The summed E-state index contributed by atoms with van der Waals surface area (Å²) in [5.74, 6) is 1.03. The van der Waals surface area contributed by atoms with Gasteiger partial charge in [0.05, 0.1) is 19.2 Å². The number of aromatic nitrogens is 2. The van der Waals surface area contributed by atoms with Crippen molar-refractivity contribution in [3.8, 4) is 17.0 Å². The highest BCUT2D eigenvalue weighted by molar-refractivity contribution is 7.15. The normalized spacial score (nSPS) is 14.2. The maximum atomic E-state index is 13.1. The van der Waals surface area contributed by atoms with Gasteiger partial charge in [0.2, 0.25) is 5.91 Å². The van der Waals surface area contributed by atoms with Gasteiger partial charge in [-0.25, -0.2) is 4.98 Å².